The Kier molecular flexibility index (Phi) is 5.76. The maximum Gasteiger partial charge on any atom is 0.490 e. The molecule has 0 saturated heterocycles. The van der Waals surface area contributed by atoms with E-state index in [9.17, 15) is 22.0 Å². The smallest absolute Gasteiger partial charge is 0.475 e. The third-order valence-corrected chi connectivity index (χ3v) is 2.20. The molecular formula is C8H13F5N2O2. The maximum absolute atomic E-state index is 12.4. The first kappa shape index (κ1) is 16.0. The molecule has 0 aliphatic heterocycles. The van der Waals surface area contributed by atoms with Crippen molar-refractivity contribution < 1.29 is 31.9 Å². The predicted molar refractivity (Wildman–Crippen MR) is 48.2 cm³/mol. The highest BCUT2D eigenvalue weighted by Crippen LogP contribution is 2.32. The number of alkyl halides is 5. The van der Waals surface area contributed by atoms with Gasteiger partial charge in [-0.25, -0.2) is 13.6 Å². The molecule has 1 aliphatic carbocycles. The highest BCUT2D eigenvalue weighted by molar-refractivity contribution is 5.73. The van der Waals surface area contributed by atoms with E-state index in [1.165, 1.54) is 0 Å². The average Bonchev–Trinajstić information content (AvgIpc) is 2.17. The summed E-state index contributed by atoms with van der Waals surface area (Å²) in [7, 11) is 0. The Morgan fingerprint density at radius 2 is 1.65 bits per heavy atom. The van der Waals surface area contributed by atoms with Crippen LogP contribution in [0.5, 0.6) is 0 Å². The van der Waals surface area contributed by atoms with E-state index in [1.807, 2.05) is 0 Å². The Hall–Kier alpha value is -0.960. The van der Waals surface area contributed by atoms with Crippen molar-refractivity contribution in [2.75, 3.05) is 0 Å². The van der Waals surface area contributed by atoms with Crippen LogP contribution in [0.4, 0.5) is 22.0 Å². The molecule has 1 saturated carbocycles. The monoisotopic (exact) mass is 264 g/mol. The largest absolute Gasteiger partial charge is 0.490 e. The molecule has 4 N–H and O–H groups in total. The van der Waals surface area contributed by atoms with Gasteiger partial charge in [0.2, 0.25) is 5.92 Å². The van der Waals surface area contributed by atoms with Crippen LogP contribution >= 0.6 is 0 Å². The average molecular weight is 264 g/mol. The van der Waals surface area contributed by atoms with Crippen molar-refractivity contribution in [1.29, 1.82) is 0 Å². The highest BCUT2D eigenvalue weighted by Gasteiger charge is 2.38. The van der Waals surface area contributed by atoms with Gasteiger partial charge in [-0.1, -0.05) is 0 Å². The molecule has 0 aromatic carbocycles. The molecule has 1 fully saturated rings. The van der Waals surface area contributed by atoms with Gasteiger partial charge in [0.05, 0.1) is 0 Å². The lowest BCUT2D eigenvalue weighted by molar-refractivity contribution is -0.192. The van der Waals surface area contributed by atoms with Crippen molar-refractivity contribution in [2.24, 2.45) is 5.84 Å². The summed E-state index contributed by atoms with van der Waals surface area (Å²) < 4.78 is 56.6. The summed E-state index contributed by atoms with van der Waals surface area (Å²) in [6.45, 7) is 0. The minimum absolute atomic E-state index is 0.0259. The van der Waals surface area contributed by atoms with Crippen LogP contribution in [0, 0.1) is 0 Å². The fourth-order valence-corrected chi connectivity index (χ4v) is 1.21. The van der Waals surface area contributed by atoms with Crippen LogP contribution in [0.1, 0.15) is 25.7 Å². The normalized spacial score (nSPS) is 20.4. The first-order valence-corrected chi connectivity index (χ1v) is 4.72. The number of carboxylic acids is 1. The molecule has 0 bridgehead atoms. The number of hydrogen-bond acceptors (Lipinski definition) is 3. The van der Waals surface area contributed by atoms with Gasteiger partial charge in [0.1, 0.15) is 0 Å². The fraction of sp³-hybridized carbons (Fsp3) is 0.875. The Morgan fingerprint density at radius 1 is 1.29 bits per heavy atom. The minimum atomic E-state index is -5.08. The fourth-order valence-electron chi connectivity index (χ4n) is 1.21. The van der Waals surface area contributed by atoms with Crippen LogP contribution in [-0.4, -0.2) is 29.2 Å². The molecule has 4 nitrogen and oxygen atoms in total. The number of hydrogen-bond donors (Lipinski definition) is 3. The molecule has 0 aromatic heterocycles. The van der Waals surface area contributed by atoms with Gasteiger partial charge in [0.15, 0.2) is 0 Å². The van der Waals surface area contributed by atoms with Crippen molar-refractivity contribution in [3.63, 3.8) is 0 Å². The molecule has 0 aromatic rings. The second-order valence-electron chi connectivity index (χ2n) is 3.60. The van der Waals surface area contributed by atoms with Gasteiger partial charge in [-0.05, 0) is 12.8 Å². The molecule has 0 amide bonds. The summed E-state index contributed by atoms with van der Waals surface area (Å²) in [5.41, 5.74) is 2.51. The first-order valence-electron chi connectivity index (χ1n) is 4.72. The zero-order valence-electron chi connectivity index (χ0n) is 8.73. The minimum Gasteiger partial charge on any atom is -0.475 e. The zero-order chi connectivity index (χ0) is 13.7. The third kappa shape index (κ3) is 7.05. The van der Waals surface area contributed by atoms with Gasteiger partial charge < -0.3 is 5.11 Å². The van der Waals surface area contributed by atoms with E-state index in [2.05, 4.69) is 5.43 Å². The van der Waals surface area contributed by atoms with Crippen LogP contribution in [0.25, 0.3) is 0 Å². The number of nitrogens with one attached hydrogen (secondary N) is 1. The standard InChI is InChI=1S/C6H12F2N2.C2HF3O2/c7-6(8)3-1-5(10-9)2-4-6;3-2(4,5)1(6)7/h5,10H,1-4,9H2;(H,6,7). The summed E-state index contributed by atoms with van der Waals surface area (Å²) in [5.74, 6) is -0.0972. The molecule has 0 spiro atoms. The van der Waals surface area contributed by atoms with E-state index in [0.717, 1.165) is 0 Å². The molecule has 0 unspecified atom stereocenters. The maximum atomic E-state index is 12.4. The van der Waals surface area contributed by atoms with E-state index in [0.29, 0.717) is 12.8 Å². The zero-order valence-corrected chi connectivity index (χ0v) is 8.73. The van der Waals surface area contributed by atoms with Gasteiger partial charge in [-0.15, -0.1) is 0 Å². The second kappa shape index (κ2) is 6.10. The topological polar surface area (TPSA) is 75.3 Å². The molecule has 1 aliphatic rings. The quantitative estimate of drug-likeness (QED) is 0.382. The molecule has 0 heterocycles. The summed E-state index contributed by atoms with van der Waals surface area (Å²) >= 11 is 0. The predicted octanol–water partition coefficient (Wildman–Crippen LogP) is 1.66. The van der Waals surface area contributed by atoms with Crippen molar-refractivity contribution in [3.05, 3.63) is 0 Å². The Morgan fingerprint density at radius 3 is 1.88 bits per heavy atom. The van der Waals surface area contributed by atoms with Gasteiger partial charge in [0, 0.05) is 18.9 Å². The van der Waals surface area contributed by atoms with Crippen LogP contribution in [0.3, 0.4) is 0 Å². The van der Waals surface area contributed by atoms with E-state index in [1.54, 1.807) is 0 Å². The number of halogens is 5. The summed E-state index contributed by atoms with van der Waals surface area (Å²) in [6, 6.07) is 0.0969. The molecular weight excluding hydrogens is 251 g/mol. The van der Waals surface area contributed by atoms with Gasteiger partial charge in [0.25, 0.3) is 0 Å². The van der Waals surface area contributed by atoms with Crippen molar-refractivity contribution >= 4 is 5.97 Å². The van der Waals surface area contributed by atoms with Crippen LogP contribution in [0.15, 0.2) is 0 Å². The highest BCUT2D eigenvalue weighted by atomic mass is 19.4. The SMILES string of the molecule is NNC1CCC(F)(F)CC1.O=C(O)C(F)(F)F. The van der Waals surface area contributed by atoms with Gasteiger partial charge >= 0.3 is 12.1 Å². The van der Waals surface area contributed by atoms with Gasteiger partial charge in [-0.3, -0.25) is 11.3 Å². The van der Waals surface area contributed by atoms with E-state index in [-0.39, 0.29) is 18.9 Å². The lowest BCUT2D eigenvalue weighted by atomic mass is 9.93. The van der Waals surface area contributed by atoms with E-state index >= 15 is 0 Å². The summed E-state index contributed by atoms with van der Waals surface area (Å²) in [4.78, 5) is 8.90. The van der Waals surface area contributed by atoms with Crippen LogP contribution in [0.2, 0.25) is 0 Å². The number of carbonyl (C=O) groups is 1. The van der Waals surface area contributed by atoms with E-state index < -0.39 is 18.1 Å². The number of hydrazine groups is 1. The van der Waals surface area contributed by atoms with Crippen molar-refractivity contribution in [2.45, 2.75) is 43.8 Å². The molecule has 17 heavy (non-hydrogen) atoms. The molecule has 1 rings (SSSR count). The van der Waals surface area contributed by atoms with E-state index in [4.69, 9.17) is 15.7 Å². The third-order valence-electron chi connectivity index (χ3n) is 2.20. The Bertz CT molecular complexity index is 247. The number of nitrogens with two attached hydrogens (primary N) is 1. The Balaban J connectivity index is 0.000000325. The van der Waals surface area contributed by atoms with Crippen molar-refractivity contribution in [1.82, 2.24) is 5.43 Å². The van der Waals surface area contributed by atoms with Crippen LogP contribution in [-0.2, 0) is 4.79 Å². The van der Waals surface area contributed by atoms with Crippen LogP contribution < -0.4 is 11.3 Å². The molecule has 0 radical (unpaired) electrons. The Labute approximate surface area is 93.9 Å². The number of rotatable bonds is 1. The molecule has 0 atom stereocenters. The summed E-state index contributed by atoms with van der Waals surface area (Å²) in [6.07, 6.45) is -4.16. The second-order valence-corrected chi connectivity index (χ2v) is 3.60. The first-order chi connectivity index (χ1) is 7.58. The summed E-state index contributed by atoms with van der Waals surface area (Å²) in [5, 5.41) is 7.12. The lowest BCUT2D eigenvalue weighted by Gasteiger charge is -2.27. The molecule has 102 valence electrons. The number of aliphatic carboxylic acids is 1. The molecule has 9 heteroatoms. The number of carboxylic acid groups (broad SMARTS) is 1. The lowest BCUT2D eigenvalue weighted by Crippen LogP contribution is -2.40. The van der Waals surface area contributed by atoms with Crippen molar-refractivity contribution in [3.8, 4) is 0 Å². The van der Waals surface area contributed by atoms with Gasteiger partial charge in [-0.2, -0.15) is 13.2 Å².